The summed E-state index contributed by atoms with van der Waals surface area (Å²) in [7, 11) is 1.47. The molecule has 0 saturated heterocycles. The highest BCUT2D eigenvalue weighted by Gasteiger charge is 2.43. The van der Waals surface area contributed by atoms with Crippen LogP contribution in [0.25, 0.3) is 0 Å². The first kappa shape index (κ1) is 15.4. The Hall–Kier alpha value is -2.01. The fourth-order valence-electron chi connectivity index (χ4n) is 2.24. The van der Waals surface area contributed by atoms with E-state index in [2.05, 4.69) is 0 Å². The van der Waals surface area contributed by atoms with Gasteiger partial charge in [0.15, 0.2) is 0 Å². The van der Waals surface area contributed by atoms with Crippen molar-refractivity contribution in [3.8, 4) is 5.75 Å². The highest BCUT2D eigenvalue weighted by molar-refractivity contribution is 5.39. The first-order valence-corrected chi connectivity index (χ1v) is 6.34. The van der Waals surface area contributed by atoms with Crippen molar-refractivity contribution in [2.75, 3.05) is 7.11 Å². The molecular weight excluding hydrogens is 281 g/mol. The first-order valence-electron chi connectivity index (χ1n) is 6.34. The Morgan fingerprint density at radius 2 is 1.43 bits per heavy atom. The van der Waals surface area contributed by atoms with E-state index in [4.69, 9.17) is 4.74 Å². The normalized spacial score (nSPS) is 14.5. The van der Waals surface area contributed by atoms with Crippen LogP contribution in [0, 0.1) is 0 Å². The van der Waals surface area contributed by atoms with Gasteiger partial charge in [-0.25, -0.2) is 0 Å². The number of ether oxygens (including phenoxy) is 1. The number of aliphatic hydroxyl groups is 1. The molecule has 0 saturated carbocycles. The van der Waals surface area contributed by atoms with E-state index in [0.29, 0.717) is 5.75 Å². The van der Waals surface area contributed by atoms with Gasteiger partial charge in [-0.2, -0.15) is 13.2 Å². The van der Waals surface area contributed by atoms with E-state index in [-0.39, 0.29) is 11.1 Å². The van der Waals surface area contributed by atoms with Gasteiger partial charge in [0.2, 0.25) is 0 Å². The maximum atomic E-state index is 12.9. The molecule has 0 radical (unpaired) electrons. The van der Waals surface area contributed by atoms with Crippen LogP contribution in [0.5, 0.6) is 5.75 Å². The maximum Gasteiger partial charge on any atom is 0.392 e. The zero-order valence-corrected chi connectivity index (χ0v) is 11.4. The monoisotopic (exact) mass is 296 g/mol. The Morgan fingerprint density at radius 3 is 1.90 bits per heavy atom. The number of alkyl halides is 3. The Kier molecular flexibility index (Phi) is 4.23. The lowest BCUT2D eigenvalue weighted by molar-refractivity contribution is -0.169. The van der Waals surface area contributed by atoms with Crippen LogP contribution in [0.1, 0.15) is 17.5 Å². The Balaban J connectivity index is 2.49. The van der Waals surface area contributed by atoms with Gasteiger partial charge in [-0.15, -0.1) is 0 Å². The third kappa shape index (κ3) is 3.55. The molecule has 0 aliphatic rings. The zero-order valence-electron chi connectivity index (χ0n) is 11.4. The molecule has 0 aliphatic heterocycles. The molecule has 0 amide bonds. The summed E-state index contributed by atoms with van der Waals surface area (Å²) in [6.07, 6.45) is -5.85. The van der Waals surface area contributed by atoms with Gasteiger partial charge < -0.3 is 9.84 Å². The lowest BCUT2D eigenvalue weighted by Gasteiger charge is -2.30. The van der Waals surface area contributed by atoms with Crippen LogP contribution in [0.15, 0.2) is 54.6 Å². The van der Waals surface area contributed by atoms with Crippen molar-refractivity contribution in [2.45, 2.75) is 18.2 Å². The summed E-state index contributed by atoms with van der Waals surface area (Å²) in [5.74, 6) is 0.515. The van der Waals surface area contributed by atoms with Gasteiger partial charge in [-0.05, 0) is 23.3 Å². The number of hydrogen-bond acceptors (Lipinski definition) is 2. The summed E-state index contributed by atoms with van der Waals surface area (Å²) in [6, 6.07) is 13.8. The second-order valence-electron chi connectivity index (χ2n) is 4.75. The third-order valence-corrected chi connectivity index (χ3v) is 3.28. The van der Waals surface area contributed by atoms with E-state index < -0.39 is 18.2 Å². The van der Waals surface area contributed by atoms with Crippen LogP contribution >= 0.6 is 0 Å². The average Bonchev–Trinajstić information content (AvgIpc) is 2.46. The van der Waals surface area contributed by atoms with Crippen LogP contribution in [0.4, 0.5) is 13.2 Å². The molecule has 1 atom stereocenters. The molecular formula is C16H15F3O2. The van der Waals surface area contributed by atoms with Gasteiger partial charge in [0.25, 0.3) is 0 Å². The van der Waals surface area contributed by atoms with Crippen molar-refractivity contribution in [1.29, 1.82) is 0 Å². The highest BCUT2D eigenvalue weighted by Crippen LogP contribution is 2.40. The van der Waals surface area contributed by atoms with Crippen LogP contribution in [0.2, 0.25) is 0 Å². The Morgan fingerprint density at radius 1 is 0.905 bits per heavy atom. The Bertz CT molecular complexity index is 579. The van der Waals surface area contributed by atoms with E-state index in [0.717, 1.165) is 0 Å². The molecule has 2 rings (SSSR count). The quantitative estimate of drug-likeness (QED) is 0.927. The summed E-state index contributed by atoms with van der Waals surface area (Å²) in [5, 5.41) is 10.7. The van der Waals surface area contributed by atoms with Crippen molar-refractivity contribution in [1.82, 2.24) is 0 Å². The van der Waals surface area contributed by atoms with Gasteiger partial charge in [0.1, 0.15) is 11.4 Å². The van der Waals surface area contributed by atoms with Gasteiger partial charge in [-0.3, -0.25) is 0 Å². The summed E-state index contributed by atoms with van der Waals surface area (Å²) in [5.41, 5.74) is -1.74. The summed E-state index contributed by atoms with van der Waals surface area (Å²) in [4.78, 5) is 0. The molecule has 0 bridgehead atoms. The van der Waals surface area contributed by atoms with Crippen LogP contribution in [-0.4, -0.2) is 18.4 Å². The topological polar surface area (TPSA) is 29.5 Å². The second kappa shape index (κ2) is 5.77. The maximum absolute atomic E-state index is 12.9. The minimum Gasteiger partial charge on any atom is -0.497 e. The van der Waals surface area contributed by atoms with Crippen LogP contribution < -0.4 is 4.74 Å². The minimum absolute atomic E-state index is 0.173. The molecule has 2 aromatic carbocycles. The molecule has 0 aromatic heterocycles. The average molecular weight is 296 g/mol. The summed E-state index contributed by atoms with van der Waals surface area (Å²) >= 11 is 0. The molecule has 0 fully saturated rings. The second-order valence-corrected chi connectivity index (χ2v) is 4.75. The van der Waals surface area contributed by atoms with Crippen molar-refractivity contribution in [2.24, 2.45) is 0 Å². The fraction of sp³-hybridized carbons (Fsp3) is 0.250. The van der Waals surface area contributed by atoms with Crippen molar-refractivity contribution in [3.63, 3.8) is 0 Å². The highest BCUT2D eigenvalue weighted by atomic mass is 19.4. The van der Waals surface area contributed by atoms with Crippen LogP contribution in [-0.2, 0) is 5.60 Å². The predicted octanol–water partition coefficient (Wildman–Crippen LogP) is 3.88. The molecule has 0 spiro atoms. The molecule has 5 heteroatoms. The molecule has 1 N–H and O–H groups in total. The predicted molar refractivity (Wildman–Crippen MR) is 73.1 cm³/mol. The van der Waals surface area contributed by atoms with Gasteiger partial charge >= 0.3 is 6.18 Å². The van der Waals surface area contributed by atoms with Crippen LogP contribution in [0.3, 0.4) is 0 Å². The smallest absolute Gasteiger partial charge is 0.392 e. The van der Waals surface area contributed by atoms with Crippen molar-refractivity contribution < 1.29 is 23.0 Å². The summed E-state index contributed by atoms with van der Waals surface area (Å²) < 4.78 is 43.6. The van der Waals surface area contributed by atoms with E-state index in [1.165, 1.54) is 43.5 Å². The van der Waals surface area contributed by atoms with E-state index in [9.17, 15) is 18.3 Å². The standard InChI is InChI=1S/C16H15F3O2/c1-21-14-9-7-13(8-10-14)15(20,11-16(17,18)19)12-5-3-2-4-6-12/h2-10,20H,11H2,1H3. The lowest BCUT2D eigenvalue weighted by Crippen LogP contribution is -2.33. The molecule has 2 nitrogen and oxygen atoms in total. The fourth-order valence-corrected chi connectivity index (χ4v) is 2.24. The van der Waals surface area contributed by atoms with E-state index >= 15 is 0 Å². The lowest BCUT2D eigenvalue weighted by atomic mass is 9.83. The largest absolute Gasteiger partial charge is 0.497 e. The minimum atomic E-state index is -4.50. The molecule has 0 heterocycles. The molecule has 21 heavy (non-hydrogen) atoms. The molecule has 112 valence electrons. The number of rotatable bonds is 4. The SMILES string of the molecule is COc1ccc(C(O)(CC(F)(F)F)c2ccccc2)cc1. The molecule has 1 unspecified atom stereocenters. The van der Waals surface area contributed by atoms with E-state index in [1.54, 1.807) is 18.2 Å². The van der Waals surface area contributed by atoms with Gasteiger partial charge in [-0.1, -0.05) is 42.5 Å². The number of halogens is 3. The van der Waals surface area contributed by atoms with Gasteiger partial charge in [0, 0.05) is 0 Å². The van der Waals surface area contributed by atoms with E-state index in [1.807, 2.05) is 0 Å². The number of methoxy groups -OCH3 is 1. The van der Waals surface area contributed by atoms with Crippen molar-refractivity contribution >= 4 is 0 Å². The van der Waals surface area contributed by atoms with Crippen molar-refractivity contribution in [3.05, 3.63) is 65.7 Å². The summed E-state index contributed by atoms with van der Waals surface area (Å²) in [6.45, 7) is 0. The zero-order chi connectivity index (χ0) is 15.5. The third-order valence-electron chi connectivity index (χ3n) is 3.28. The Labute approximate surface area is 120 Å². The molecule has 0 aliphatic carbocycles. The first-order chi connectivity index (χ1) is 9.85. The number of hydrogen-bond donors (Lipinski definition) is 1. The molecule has 2 aromatic rings. The van der Waals surface area contributed by atoms with Gasteiger partial charge in [0.05, 0.1) is 13.5 Å². The number of benzene rings is 2.